The second-order valence-electron chi connectivity index (χ2n) is 5.45. The van der Waals surface area contributed by atoms with Crippen LogP contribution in [0.15, 0.2) is 0 Å². The van der Waals surface area contributed by atoms with Crippen LogP contribution in [0, 0.1) is 5.92 Å². The highest BCUT2D eigenvalue weighted by atomic mass is 16.5. The van der Waals surface area contributed by atoms with E-state index in [1.807, 2.05) is 0 Å². The molecule has 0 aromatic heterocycles. The van der Waals surface area contributed by atoms with Crippen LogP contribution in [0.3, 0.4) is 0 Å². The van der Waals surface area contributed by atoms with Gasteiger partial charge in [-0.1, -0.05) is 6.92 Å². The van der Waals surface area contributed by atoms with Gasteiger partial charge in [0.15, 0.2) is 0 Å². The van der Waals surface area contributed by atoms with Gasteiger partial charge >= 0.3 is 0 Å². The first-order valence-electron chi connectivity index (χ1n) is 7.15. The van der Waals surface area contributed by atoms with Gasteiger partial charge in [-0.2, -0.15) is 0 Å². The molecule has 1 fully saturated rings. The van der Waals surface area contributed by atoms with Gasteiger partial charge in [-0.15, -0.1) is 0 Å². The normalized spacial score (nSPS) is 25.8. The summed E-state index contributed by atoms with van der Waals surface area (Å²) in [5.41, 5.74) is 0. The standard InChI is InChI=1S/C14H30N2O/c1-5-8-16-9-6-7-14(11-16)13(3)15-10-12(2)17-4/h12-15H,5-11H2,1-4H3. The summed E-state index contributed by atoms with van der Waals surface area (Å²) in [6, 6.07) is 0.604. The molecule has 3 unspecified atom stereocenters. The van der Waals surface area contributed by atoms with E-state index in [1.165, 1.54) is 38.9 Å². The monoisotopic (exact) mass is 242 g/mol. The average molecular weight is 242 g/mol. The van der Waals surface area contributed by atoms with Crippen molar-refractivity contribution in [2.45, 2.75) is 52.2 Å². The van der Waals surface area contributed by atoms with Gasteiger partial charge in [0.25, 0.3) is 0 Å². The predicted octanol–water partition coefficient (Wildman–Crippen LogP) is 2.12. The molecular weight excluding hydrogens is 212 g/mol. The van der Waals surface area contributed by atoms with E-state index >= 15 is 0 Å². The lowest BCUT2D eigenvalue weighted by Crippen LogP contribution is -2.46. The zero-order valence-electron chi connectivity index (χ0n) is 12.0. The highest BCUT2D eigenvalue weighted by molar-refractivity contribution is 4.80. The lowest BCUT2D eigenvalue weighted by atomic mass is 9.91. The molecule has 0 aromatic rings. The summed E-state index contributed by atoms with van der Waals surface area (Å²) in [5, 5.41) is 3.61. The zero-order chi connectivity index (χ0) is 12.7. The summed E-state index contributed by atoms with van der Waals surface area (Å²) in [6.07, 6.45) is 4.31. The molecule has 1 saturated heterocycles. The van der Waals surface area contributed by atoms with Crippen LogP contribution in [0.2, 0.25) is 0 Å². The van der Waals surface area contributed by atoms with E-state index in [0.717, 1.165) is 12.5 Å². The molecule has 17 heavy (non-hydrogen) atoms. The molecule has 0 aliphatic carbocycles. The van der Waals surface area contributed by atoms with Gasteiger partial charge in [0.1, 0.15) is 0 Å². The van der Waals surface area contributed by atoms with Crippen LogP contribution >= 0.6 is 0 Å². The van der Waals surface area contributed by atoms with Gasteiger partial charge in [0.05, 0.1) is 6.10 Å². The van der Waals surface area contributed by atoms with Crippen LogP contribution in [-0.2, 0) is 4.74 Å². The minimum absolute atomic E-state index is 0.313. The second-order valence-corrected chi connectivity index (χ2v) is 5.45. The van der Waals surface area contributed by atoms with Crippen LogP contribution in [0.4, 0.5) is 0 Å². The highest BCUT2D eigenvalue weighted by Crippen LogP contribution is 2.19. The van der Waals surface area contributed by atoms with E-state index in [2.05, 4.69) is 31.0 Å². The number of nitrogens with zero attached hydrogens (tertiary/aromatic N) is 1. The molecule has 1 rings (SSSR count). The van der Waals surface area contributed by atoms with Crippen LogP contribution < -0.4 is 5.32 Å². The maximum Gasteiger partial charge on any atom is 0.0667 e. The number of piperidine rings is 1. The quantitative estimate of drug-likeness (QED) is 0.740. The van der Waals surface area contributed by atoms with E-state index in [-0.39, 0.29) is 0 Å². The maximum absolute atomic E-state index is 5.27. The molecule has 0 aromatic carbocycles. The number of rotatable bonds is 7. The summed E-state index contributed by atoms with van der Waals surface area (Å²) >= 11 is 0. The van der Waals surface area contributed by atoms with E-state index in [4.69, 9.17) is 4.74 Å². The fourth-order valence-electron chi connectivity index (χ4n) is 2.62. The van der Waals surface area contributed by atoms with E-state index in [1.54, 1.807) is 7.11 Å². The lowest BCUT2D eigenvalue weighted by molar-refractivity contribution is 0.104. The summed E-state index contributed by atoms with van der Waals surface area (Å²) < 4.78 is 5.27. The largest absolute Gasteiger partial charge is 0.380 e. The van der Waals surface area contributed by atoms with Gasteiger partial charge in [-0.3, -0.25) is 0 Å². The molecule has 0 amide bonds. The van der Waals surface area contributed by atoms with Gasteiger partial charge in [0.2, 0.25) is 0 Å². The number of hydrogen-bond acceptors (Lipinski definition) is 3. The molecular formula is C14H30N2O. The zero-order valence-corrected chi connectivity index (χ0v) is 12.0. The molecule has 3 nitrogen and oxygen atoms in total. The molecule has 3 atom stereocenters. The van der Waals surface area contributed by atoms with Gasteiger partial charge in [-0.05, 0) is 52.1 Å². The van der Waals surface area contributed by atoms with Gasteiger partial charge < -0.3 is 15.0 Å². The number of methoxy groups -OCH3 is 1. The van der Waals surface area contributed by atoms with Crippen molar-refractivity contribution < 1.29 is 4.74 Å². The molecule has 0 spiro atoms. The number of ether oxygens (including phenoxy) is 1. The van der Waals surface area contributed by atoms with Crippen molar-refractivity contribution in [2.75, 3.05) is 33.3 Å². The number of nitrogens with one attached hydrogen (secondary N) is 1. The van der Waals surface area contributed by atoms with Crippen molar-refractivity contribution in [3.8, 4) is 0 Å². The molecule has 1 N–H and O–H groups in total. The second kappa shape index (κ2) is 8.06. The van der Waals surface area contributed by atoms with Crippen LogP contribution in [0.5, 0.6) is 0 Å². The number of hydrogen-bond donors (Lipinski definition) is 1. The smallest absolute Gasteiger partial charge is 0.0667 e. The Kier molecular flexibility index (Phi) is 7.09. The van der Waals surface area contributed by atoms with Crippen molar-refractivity contribution in [3.05, 3.63) is 0 Å². The van der Waals surface area contributed by atoms with Crippen molar-refractivity contribution in [2.24, 2.45) is 5.92 Å². The molecule has 3 heteroatoms. The Hall–Kier alpha value is -0.120. The highest BCUT2D eigenvalue weighted by Gasteiger charge is 2.23. The fraction of sp³-hybridized carbons (Fsp3) is 1.00. The van der Waals surface area contributed by atoms with E-state index in [9.17, 15) is 0 Å². The summed E-state index contributed by atoms with van der Waals surface area (Å²) in [5.74, 6) is 0.805. The Morgan fingerprint density at radius 1 is 1.41 bits per heavy atom. The molecule has 1 aliphatic heterocycles. The third kappa shape index (κ3) is 5.36. The molecule has 0 saturated carbocycles. The Balaban J connectivity index is 2.27. The van der Waals surface area contributed by atoms with E-state index < -0.39 is 0 Å². The summed E-state index contributed by atoms with van der Waals surface area (Å²) in [4.78, 5) is 2.62. The first-order valence-corrected chi connectivity index (χ1v) is 7.15. The summed E-state index contributed by atoms with van der Waals surface area (Å²) in [6.45, 7) is 11.5. The minimum atomic E-state index is 0.313. The van der Waals surface area contributed by atoms with Crippen molar-refractivity contribution in [1.29, 1.82) is 0 Å². The fourth-order valence-corrected chi connectivity index (χ4v) is 2.62. The Bertz CT molecular complexity index is 197. The average Bonchev–Trinajstić information content (AvgIpc) is 2.36. The molecule has 0 radical (unpaired) electrons. The van der Waals surface area contributed by atoms with E-state index in [0.29, 0.717) is 12.1 Å². The Morgan fingerprint density at radius 3 is 2.82 bits per heavy atom. The topological polar surface area (TPSA) is 24.5 Å². The van der Waals surface area contributed by atoms with Gasteiger partial charge in [0, 0.05) is 26.2 Å². The maximum atomic E-state index is 5.27. The Morgan fingerprint density at radius 2 is 2.18 bits per heavy atom. The Labute approximate surface area is 107 Å². The first kappa shape index (κ1) is 14.9. The molecule has 1 aliphatic rings. The van der Waals surface area contributed by atoms with Crippen molar-refractivity contribution >= 4 is 0 Å². The molecule has 0 bridgehead atoms. The van der Waals surface area contributed by atoms with Crippen molar-refractivity contribution in [1.82, 2.24) is 10.2 Å². The molecule has 102 valence electrons. The lowest BCUT2D eigenvalue weighted by Gasteiger charge is -2.36. The minimum Gasteiger partial charge on any atom is -0.380 e. The molecule has 1 heterocycles. The van der Waals surface area contributed by atoms with Crippen LogP contribution in [0.1, 0.15) is 40.0 Å². The predicted molar refractivity (Wildman–Crippen MR) is 73.4 cm³/mol. The van der Waals surface area contributed by atoms with Gasteiger partial charge in [-0.25, -0.2) is 0 Å². The third-order valence-electron chi connectivity index (χ3n) is 3.92. The summed E-state index contributed by atoms with van der Waals surface area (Å²) in [7, 11) is 1.78. The SMILES string of the molecule is CCCN1CCCC(C(C)NCC(C)OC)C1. The first-order chi connectivity index (χ1) is 8.17. The third-order valence-corrected chi connectivity index (χ3v) is 3.92. The van der Waals surface area contributed by atoms with Crippen molar-refractivity contribution in [3.63, 3.8) is 0 Å². The number of likely N-dealkylation sites (tertiary alicyclic amines) is 1. The van der Waals surface area contributed by atoms with Crippen LogP contribution in [0.25, 0.3) is 0 Å². The van der Waals surface area contributed by atoms with Crippen LogP contribution in [-0.4, -0.2) is 50.3 Å².